The molecule has 2 atom stereocenters. The molecule has 0 fully saturated rings. The summed E-state index contributed by atoms with van der Waals surface area (Å²) in [6.45, 7) is 9.74. The van der Waals surface area contributed by atoms with Crippen LogP contribution in [0.4, 0.5) is 0 Å². The number of esters is 2. The third-order valence-electron chi connectivity index (χ3n) is 5.73. The van der Waals surface area contributed by atoms with Gasteiger partial charge in [-0.25, -0.2) is 9.59 Å². The van der Waals surface area contributed by atoms with Gasteiger partial charge in [-0.2, -0.15) is 0 Å². The van der Waals surface area contributed by atoms with Crippen LogP contribution in [0.5, 0.6) is 0 Å². The van der Waals surface area contributed by atoms with Crippen molar-refractivity contribution in [2.75, 3.05) is 0 Å². The Hall–Kier alpha value is -1.68. The van der Waals surface area contributed by atoms with E-state index < -0.39 is 23.0 Å². The van der Waals surface area contributed by atoms with Crippen molar-refractivity contribution in [3.8, 4) is 0 Å². The Morgan fingerprint density at radius 1 is 1.17 bits per heavy atom. The van der Waals surface area contributed by atoms with Crippen LogP contribution in [-0.2, 0) is 14.3 Å². The number of carbonyl (C=O) groups is 2. The fraction of sp³-hybridized carbons (Fsp3) is 0.579. The molecule has 3 aliphatic rings. The second-order valence-corrected chi connectivity index (χ2v) is 7.90. The highest BCUT2D eigenvalue weighted by Crippen LogP contribution is 2.52. The van der Waals surface area contributed by atoms with E-state index in [4.69, 9.17) is 4.74 Å². The third-order valence-corrected chi connectivity index (χ3v) is 5.73. The highest BCUT2D eigenvalue weighted by Gasteiger charge is 2.52. The van der Waals surface area contributed by atoms with Crippen LogP contribution in [0.15, 0.2) is 35.5 Å². The van der Waals surface area contributed by atoms with Crippen molar-refractivity contribution >= 4 is 11.9 Å². The highest BCUT2D eigenvalue weighted by molar-refractivity contribution is 6.07. The van der Waals surface area contributed by atoms with Gasteiger partial charge in [-0.15, -0.1) is 6.58 Å². The highest BCUT2D eigenvalue weighted by atomic mass is 16.6. The molecule has 0 saturated carbocycles. The van der Waals surface area contributed by atoms with E-state index in [0.717, 1.165) is 12.8 Å². The second-order valence-electron chi connectivity index (χ2n) is 7.90. The molecule has 1 aliphatic heterocycles. The summed E-state index contributed by atoms with van der Waals surface area (Å²) in [6.07, 6.45) is 6.94. The lowest BCUT2D eigenvalue weighted by Gasteiger charge is -2.43. The Morgan fingerprint density at radius 3 is 2.52 bits per heavy atom. The first-order valence-electron chi connectivity index (χ1n) is 8.23. The topological polar surface area (TPSA) is 63.6 Å². The maximum Gasteiger partial charge on any atom is 0.344 e. The molecule has 0 aromatic heterocycles. The van der Waals surface area contributed by atoms with Crippen molar-refractivity contribution < 1.29 is 19.4 Å². The van der Waals surface area contributed by atoms with E-state index in [9.17, 15) is 14.7 Å². The molecule has 0 amide bonds. The Bertz CT molecular complexity index is 667. The number of aliphatic hydroxyl groups is 1. The van der Waals surface area contributed by atoms with E-state index in [1.807, 2.05) is 20.8 Å². The first kappa shape index (κ1) is 16.2. The van der Waals surface area contributed by atoms with E-state index in [-0.39, 0.29) is 11.0 Å². The van der Waals surface area contributed by atoms with Gasteiger partial charge in [0.15, 0.2) is 0 Å². The number of carbonyl (C=O) groups excluding carboxylic acids is 2. The Balaban J connectivity index is 2.26. The summed E-state index contributed by atoms with van der Waals surface area (Å²) in [7, 11) is 0. The van der Waals surface area contributed by atoms with Crippen molar-refractivity contribution in [1.29, 1.82) is 0 Å². The molecule has 2 aliphatic carbocycles. The number of hydrogen-bond donors (Lipinski definition) is 1. The maximum absolute atomic E-state index is 12.5. The summed E-state index contributed by atoms with van der Waals surface area (Å²) in [5.74, 6) is -1.32. The average Bonchev–Trinajstić information content (AvgIpc) is 2.55. The normalized spacial score (nSPS) is 36.4. The zero-order chi connectivity index (χ0) is 17.0. The summed E-state index contributed by atoms with van der Waals surface area (Å²) in [6, 6.07) is 0. The van der Waals surface area contributed by atoms with Gasteiger partial charge in [-0.3, -0.25) is 0 Å². The summed E-state index contributed by atoms with van der Waals surface area (Å²) in [5.41, 5.74) is -0.790. The fourth-order valence-electron chi connectivity index (χ4n) is 4.18. The fourth-order valence-corrected chi connectivity index (χ4v) is 4.18. The molecule has 0 saturated heterocycles. The van der Waals surface area contributed by atoms with Gasteiger partial charge in [-0.1, -0.05) is 32.9 Å². The molecule has 3 rings (SSSR count). The maximum atomic E-state index is 12.5. The van der Waals surface area contributed by atoms with Gasteiger partial charge in [0.05, 0.1) is 5.57 Å². The third kappa shape index (κ3) is 2.31. The number of allylic oxidation sites excluding steroid dienone is 2. The van der Waals surface area contributed by atoms with Gasteiger partial charge < -0.3 is 9.84 Å². The molecule has 0 bridgehead atoms. The van der Waals surface area contributed by atoms with Crippen molar-refractivity contribution in [2.45, 2.75) is 58.5 Å². The average molecular weight is 316 g/mol. The van der Waals surface area contributed by atoms with E-state index in [1.165, 1.54) is 0 Å². The van der Waals surface area contributed by atoms with Crippen LogP contribution in [0.3, 0.4) is 0 Å². The van der Waals surface area contributed by atoms with Crippen molar-refractivity contribution in [3.05, 3.63) is 35.5 Å². The molecule has 0 unspecified atom stereocenters. The van der Waals surface area contributed by atoms with Crippen LogP contribution in [-0.4, -0.2) is 22.6 Å². The van der Waals surface area contributed by atoms with Crippen LogP contribution < -0.4 is 0 Å². The zero-order valence-electron chi connectivity index (χ0n) is 14.1. The smallest absolute Gasteiger partial charge is 0.344 e. The molecular weight excluding hydrogens is 292 g/mol. The quantitative estimate of drug-likeness (QED) is 0.458. The van der Waals surface area contributed by atoms with Gasteiger partial charge >= 0.3 is 11.9 Å². The minimum absolute atomic E-state index is 0.196. The largest absolute Gasteiger partial charge is 0.386 e. The minimum Gasteiger partial charge on any atom is -0.386 e. The minimum atomic E-state index is -1.39. The lowest BCUT2D eigenvalue weighted by atomic mass is 9.63. The van der Waals surface area contributed by atoms with E-state index in [0.29, 0.717) is 30.4 Å². The van der Waals surface area contributed by atoms with Gasteiger partial charge in [0.2, 0.25) is 0 Å². The lowest BCUT2D eigenvalue weighted by molar-refractivity contribution is -0.155. The monoisotopic (exact) mass is 316 g/mol. The zero-order valence-corrected chi connectivity index (χ0v) is 14.1. The summed E-state index contributed by atoms with van der Waals surface area (Å²) in [5, 5.41) is 11.4. The van der Waals surface area contributed by atoms with Crippen molar-refractivity contribution in [2.24, 2.45) is 10.8 Å². The first-order valence-corrected chi connectivity index (χ1v) is 8.23. The molecule has 124 valence electrons. The molecule has 0 aromatic rings. The predicted molar refractivity (Wildman–Crippen MR) is 86.3 cm³/mol. The first-order chi connectivity index (χ1) is 10.6. The molecule has 0 aromatic carbocycles. The number of cyclic esters (lactones) is 2. The van der Waals surface area contributed by atoms with Crippen molar-refractivity contribution in [1.82, 2.24) is 0 Å². The van der Waals surface area contributed by atoms with Crippen LogP contribution in [0.1, 0.15) is 52.9 Å². The van der Waals surface area contributed by atoms with E-state index in [2.05, 4.69) is 6.58 Å². The number of ether oxygens (including phenoxy) is 1. The lowest BCUT2D eigenvalue weighted by Crippen LogP contribution is -2.43. The van der Waals surface area contributed by atoms with E-state index in [1.54, 1.807) is 12.2 Å². The predicted octanol–water partition coefficient (Wildman–Crippen LogP) is 3.22. The van der Waals surface area contributed by atoms with Gasteiger partial charge in [0, 0.05) is 11.0 Å². The van der Waals surface area contributed by atoms with Crippen LogP contribution in [0.2, 0.25) is 0 Å². The standard InChI is InChI=1S/C19H24O4/c1-5-18(4)9-10-19(22)12-7-6-8-17(2,3)14(12)16(21)23-15(20)13(19)11-18/h5,11,22H,1,6-10H2,2-4H3/t18-,19-/m1/s1. The van der Waals surface area contributed by atoms with E-state index >= 15 is 0 Å². The molecule has 4 nitrogen and oxygen atoms in total. The van der Waals surface area contributed by atoms with Crippen molar-refractivity contribution in [3.63, 3.8) is 0 Å². The second kappa shape index (κ2) is 4.91. The molecular formula is C19H24O4. The molecule has 0 radical (unpaired) electrons. The molecule has 0 spiro atoms. The van der Waals surface area contributed by atoms with Gasteiger partial charge in [-0.05, 0) is 43.1 Å². The van der Waals surface area contributed by atoms with Gasteiger partial charge in [0.25, 0.3) is 0 Å². The summed E-state index contributed by atoms with van der Waals surface area (Å²) >= 11 is 0. The Morgan fingerprint density at radius 2 is 1.87 bits per heavy atom. The molecule has 1 heterocycles. The van der Waals surface area contributed by atoms with Gasteiger partial charge in [0.1, 0.15) is 5.60 Å². The summed E-state index contributed by atoms with van der Waals surface area (Å²) in [4.78, 5) is 25.0. The number of rotatable bonds is 1. The Kier molecular flexibility index (Phi) is 3.45. The molecule has 1 N–H and O–H groups in total. The van der Waals surface area contributed by atoms with Crippen LogP contribution in [0, 0.1) is 10.8 Å². The summed E-state index contributed by atoms with van der Waals surface area (Å²) < 4.78 is 5.09. The van der Waals surface area contributed by atoms with Crippen LogP contribution >= 0.6 is 0 Å². The molecule has 23 heavy (non-hydrogen) atoms. The Labute approximate surface area is 136 Å². The SMILES string of the molecule is C=C[C@@]1(C)C=C2C(=O)OC(=O)C3=C(CCCC3(C)C)[C@]2(O)CC1. The number of fused-ring (bicyclic) bond motifs is 2. The number of hydrogen-bond acceptors (Lipinski definition) is 4. The van der Waals surface area contributed by atoms with Crippen LogP contribution in [0.25, 0.3) is 0 Å². The molecule has 4 heteroatoms.